The van der Waals surface area contributed by atoms with Crippen molar-refractivity contribution >= 4 is 7.60 Å². The summed E-state index contributed by atoms with van der Waals surface area (Å²) in [6.07, 6.45) is 3.38. The molecule has 1 atom stereocenters. The van der Waals surface area contributed by atoms with Crippen LogP contribution in [0.4, 0.5) is 0 Å². The van der Waals surface area contributed by atoms with Crippen LogP contribution in [-0.4, -0.2) is 33.6 Å². The van der Waals surface area contributed by atoms with Gasteiger partial charge in [-0.2, -0.15) is 0 Å². The van der Waals surface area contributed by atoms with Crippen molar-refractivity contribution in [3.8, 4) is 0 Å². The molecule has 12 heavy (non-hydrogen) atoms. The number of hydrogen-bond donors (Lipinski definition) is 2. The molecule has 1 fully saturated rings. The topological polar surface area (TPSA) is 60.8 Å². The Bertz CT molecular complexity index is 207. The van der Waals surface area contributed by atoms with Gasteiger partial charge in [-0.1, -0.05) is 6.08 Å². The summed E-state index contributed by atoms with van der Waals surface area (Å²) < 4.78 is 10.9. The predicted molar refractivity (Wildman–Crippen MR) is 46.8 cm³/mol. The van der Waals surface area contributed by atoms with E-state index in [4.69, 9.17) is 9.79 Å². The zero-order chi connectivity index (χ0) is 9.19. The fraction of sp³-hybridized carbons (Fsp3) is 0.714. The van der Waals surface area contributed by atoms with Gasteiger partial charge in [-0.25, -0.2) is 0 Å². The Kier molecular flexibility index (Phi) is 3.07. The van der Waals surface area contributed by atoms with Gasteiger partial charge < -0.3 is 9.79 Å². The quantitative estimate of drug-likeness (QED) is 0.511. The van der Waals surface area contributed by atoms with Crippen LogP contribution in [0.5, 0.6) is 0 Å². The summed E-state index contributed by atoms with van der Waals surface area (Å²) >= 11 is 0. The molecule has 1 rings (SSSR count). The van der Waals surface area contributed by atoms with Gasteiger partial charge in [-0.3, -0.25) is 9.46 Å². The first-order valence-corrected chi connectivity index (χ1v) is 5.65. The van der Waals surface area contributed by atoms with Crippen LogP contribution in [0.3, 0.4) is 0 Å². The van der Waals surface area contributed by atoms with E-state index in [0.717, 1.165) is 25.9 Å². The lowest BCUT2D eigenvalue weighted by Crippen LogP contribution is -2.30. The molecule has 0 aromatic heterocycles. The molecule has 0 aromatic rings. The Labute approximate surface area is 72.0 Å². The van der Waals surface area contributed by atoms with E-state index in [1.165, 1.54) is 6.08 Å². The average Bonchev–Trinajstić information content (AvgIpc) is 2.38. The van der Waals surface area contributed by atoms with E-state index in [0.29, 0.717) is 0 Å². The van der Waals surface area contributed by atoms with Crippen LogP contribution in [-0.2, 0) is 4.57 Å². The summed E-state index contributed by atoms with van der Waals surface area (Å²) in [5.74, 6) is -0.778. The van der Waals surface area contributed by atoms with E-state index in [1.807, 2.05) is 0 Å². The number of rotatable bonds is 3. The van der Waals surface area contributed by atoms with Gasteiger partial charge in [-0.05, 0) is 25.9 Å². The molecule has 70 valence electrons. The van der Waals surface area contributed by atoms with Gasteiger partial charge in [0.2, 0.25) is 0 Å². The molecule has 1 heterocycles. The van der Waals surface area contributed by atoms with Crippen LogP contribution in [0, 0.1) is 0 Å². The zero-order valence-corrected chi connectivity index (χ0v) is 7.78. The lowest BCUT2D eigenvalue weighted by molar-refractivity contribution is 0.278. The third-order valence-electron chi connectivity index (χ3n) is 2.07. The lowest BCUT2D eigenvalue weighted by Gasteiger charge is -2.24. The fourth-order valence-corrected chi connectivity index (χ4v) is 2.44. The molecule has 1 unspecified atom stereocenters. The van der Waals surface area contributed by atoms with Crippen molar-refractivity contribution < 1.29 is 14.4 Å². The molecule has 1 saturated heterocycles. The summed E-state index contributed by atoms with van der Waals surface area (Å²) in [7, 11) is -4.02. The predicted octanol–water partition coefficient (Wildman–Crippen LogP) is 0.772. The van der Waals surface area contributed by atoms with E-state index in [9.17, 15) is 4.57 Å². The van der Waals surface area contributed by atoms with Crippen LogP contribution in [0.2, 0.25) is 0 Å². The number of hydrogen-bond acceptors (Lipinski definition) is 2. The Hall–Kier alpha value is -0.150. The van der Waals surface area contributed by atoms with Crippen molar-refractivity contribution in [2.45, 2.75) is 18.6 Å². The van der Waals surface area contributed by atoms with Crippen LogP contribution in [0.1, 0.15) is 12.8 Å². The maximum absolute atomic E-state index is 10.9. The molecular formula is C7H14NO3P. The van der Waals surface area contributed by atoms with Gasteiger partial charge in [-0.15, -0.1) is 6.58 Å². The first-order chi connectivity index (χ1) is 5.55. The lowest BCUT2D eigenvalue weighted by atomic mass is 10.4. The maximum atomic E-state index is 10.9. The standard InChI is InChI=1S/C7H14NO3P/c1-2-7(12(9,10)11)8-5-3-4-6-8/h2,7H,1,3-6H2,(H2,9,10,11). The molecule has 4 nitrogen and oxygen atoms in total. The van der Waals surface area contributed by atoms with Crippen molar-refractivity contribution in [2.24, 2.45) is 0 Å². The molecule has 1 aliphatic rings. The summed E-state index contributed by atoms with van der Waals surface area (Å²) in [5, 5.41) is 0. The smallest absolute Gasteiger partial charge is 0.323 e. The van der Waals surface area contributed by atoms with E-state index >= 15 is 0 Å². The van der Waals surface area contributed by atoms with Crippen LogP contribution in [0.25, 0.3) is 0 Å². The molecule has 0 bridgehead atoms. The molecule has 0 spiro atoms. The first kappa shape index (κ1) is 9.93. The normalized spacial score (nSPS) is 22.5. The highest BCUT2D eigenvalue weighted by Gasteiger charge is 2.32. The van der Waals surface area contributed by atoms with Crippen LogP contribution >= 0.6 is 7.60 Å². The highest BCUT2D eigenvalue weighted by atomic mass is 31.2. The van der Waals surface area contributed by atoms with Gasteiger partial charge in [0.25, 0.3) is 0 Å². The third kappa shape index (κ3) is 2.17. The molecular weight excluding hydrogens is 177 g/mol. The van der Waals surface area contributed by atoms with Gasteiger partial charge in [0.1, 0.15) is 5.78 Å². The minimum atomic E-state index is -4.02. The van der Waals surface area contributed by atoms with Gasteiger partial charge in [0, 0.05) is 0 Å². The largest absolute Gasteiger partial charge is 0.346 e. The monoisotopic (exact) mass is 191 g/mol. The number of nitrogens with zero attached hydrogens (tertiary/aromatic N) is 1. The van der Waals surface area contributed by atoms with Gasteiger partial charge in [0.15, 0.2) is 0 Å². The Balaban J connectivity index is 2.67. The summed E-state index contributed by atoms with van der Waals surface area (Å²) in [5.41, 5.74) is 0. The molecule has 5 heteroatoms. The van der Waals surface area contributed by atoms with Crippen molar-refractivity contribution in [1.82, 2.24) is 4.90 Å². The van der Waals surface area contributed by atoms with Gasteiger partial charge in [0.05, 0.1) is 0 Å². The summed E-state index contributed by atoms with van der Waals surface area (Å²) in [6, 6.07) is 0. The molecule has 0 radical (unpaired) electrons. The molecule has 0 aliphatic carbocycles. The second kappa shape index (κ2) is 3.71. The number of likely N-dealkylation sites (tertiary alicyclic amines) is 1. The zero-order valence-electron chi connectivity index (χ0n) is 6.89. The highest BCUT2D eigenvalue weighted by molar-refractivity contribution is 7.52. The summed E-state index contributed by atoms with van der Waals surface area (Å²) in [4.78, 5) is 19.7. The SMILES string of the molecule is C=CC(N1CCCC1)P(=O)(O)O. The van der Waals surface area contributed by atoms with E-state index in [1.54, 1.807) is 4.90 Å². The second-order valence-electron chi connectivity index (χ2n) is 2.98. The van der Waals surface area contributed by atoms with Crippen LogP contribution in [0.15, 0.2) is 12.7 Å². The Morgan fingerprint density at radius 1 is 1.42 bits per heavy atom. The molecule has 0 aromatic carbocycles. The Morgan fingerprint density at radius 2 is 1.92 bits per heavy atom. The average molecular weight is 191 g/mol. The van der Waals surface area contributed by atoms with Gasteiger partial charge >= 0.3 is 7.60 Å². The molecule has 0 saturated carbocycles. The molecule has 1 aliphatic heterocycles. The van der Waals surface area contributed by atoms with E-state index in [-0.39, 0.29) is 0 Å². The summed E-state index contributed by atoms with van der Waals surface area (Å²) in [6.45, 7) is 4.97. The van der Waals surface area contributed by atoms with Crippen molar-refractivity contribution in [3.63, 3.8) is 0 Å². The second-order valence-corrected chi connectivity index (χ2v) is 4.69. The van der Waals surface area contributed by atoms with E-state index < -0.39 is 13.4 Å². The highest BCUT2D eigenvalue weighted by Crippen LogP contribution is 2.44. The maximum Gasteiger partial charge on any atom is 0.346 e. The van der Waals surface area contributed by atoms with Crippen molar-refractivity contribution in [3.05, 3.63) is 12.7 Å². The first-order valence-electron chi connectivity index (χ1n) is 3.97. The minimum Gasteiger partial charge on any atom is -0.323 e. The van der Waals surface area contributed by atoms with E-state index in [2.05, 4.69) is 6.58 Å². The molecule has 0 amide bonds. The minimum absolute atomic E-state index is 0.766. The fourth-order valence-electron chi connectivity index (χ4n) is 1.51. The van der Waals surface area contributed by atoms with Crippen molar-refractivity contribution in [2.75, 3.05) is 13.1 Å². The molecule has 2 N–H and O–H groups in total. The van der Waals surface area contributed by atoms with Crippen LogP contribution < -0.4 is 0 Å². The third-order valence-corrected chi connectivity index (χ3v) is 3.30. The Morgan fingerprint density at radius 3 is 2.25 bits per heavy atom. The van der Waals surface area contributed by atoms with Crippen molar-refractivity contribution in [1.29, 1.82) is 0 Å².